The first-order valence-corrected chi connectivity index (χ1v) is 7.46. The molecule has 0 spiro atoms. The third-order valence-corrected chi connectivity index (χ3v) is 3.70. The summed E-state index contributed by atoms with van der Waals surface area (Å²) in [5.74, 6) is -0.154. The maximum atomic E-state index is 12.8. The van der Waals surface area contributed by atoms with E-state index in [1.165, 1.54) is 25.3 Å². The second-order valence-electron chi connectivity index (χ2n) is 5.23. The van der Waals surface area contributed by atoms with Gasteiger partial charge in [0.25, 0.3) is 5.91 Å². The molecule has 132 valence electrons. The zero-order chi connectivity index (χ0) is 18.1. The normalized spacial score (nSPS) is 11.8. The minimum atomic E-state index is -4.73. The van der Waals surface area contributed by atoms with Crippen LogP contribution in [-0.4, -0.2) is 42.4 Å². The minimum absolute atomic E-state index is 0.0850. The summed E-state index contributed by atoms with van der Waals surface area (Å²) in [6.07, 6.45) is -2.34. The van der Waals surface area contributed by atoms with E-state index in [-0.39, 0.29) is 12.2 Å². The maximum Gasteiger partial charge on any atom is 0.436 e. The Balaban J connectivity index is 2.25. The highest BCUT2D eigenvalue weighted by atomic mass is 35.5. The number of hydrogen-bond acceptors (Lipinski definition) is 4. The summed E-state index contributed by atoms with van der Waals surface area (Å²) in [4.78, 5) is 13.7. The Kier molecular flexibility index (Phi) is 5.16. The molecule has 0 atom stereocenters. The average molecular weight is 365 g/mol. The number of amides is 1. The van der Waals surface area contributed by atoms with E-state index in [0.29, 0.717) is 12.4 Å². The Hall–Kier alpha value is -2.10. The van der Waals surface area contributed by atoms with E-state index in [1.54, 1.807) is 4.57 Å². The highest BCUT2D eigenvalue weighted by molar-refractivity contribution is 6.34. The molecule has 2 rings (SSSR count). The van der Waals surface area contributed by atoms with Crippen LogP contribution < -0.4 is 0 Å². The Morgan fingerprint density at radius 3 is 2.62 bits per heavy atom. The van der Waals surface area contributed by atoms with Crippen molar-refractivity contribution in [3.05, 3.63) is 28.6 Å². The van der Waals surface area contributed by atoms with Gasteiger partial charge in [-0.25, -0.2) is 0 Å². The van der Waals surface area contributed by atoms with Crippen LogP contribution in [0.15, 0.2) is 6.33 Å². The van der Waals surface area contributed by atoms with Crippen molar-refractivity contribution in [1.82, 2.24) is 29.4 Å². The van der Waals surface area contributed by atoms with Crippen LogP contribution in [0.5, 0.6) is 0 Å². The van der Waals surface area contributed by atoms with Crippen molar-refractivity contribution in [2.24, 2.45) is 7.05 Å². The summed E-state index contributed by atoms with van der Waals surface area (Å²) in [5, 5.41) is 10.3. The molecule has 0 aromatic carbocycles. The van der Waals surface area contributed by atoms with Crippen LogP contribution in [0, 0.1) is 0 Å². The molecule has 0 unspecified atom stereocenters. The molecule has 0 saturated carbocycles. The summed E-state index contributed by atoms with van der Waals surface area (Å²) in [7, 11) is 2.69. The van der Waals surface area contributed by atoms with E-state index in [2.05, 4.69) is 15.3 Å². The quantitative estimate of drug-likeness (QED) is 0.816. The summed E-state index contributed by atoms with van der Waals surface area (Å²) in [6, 6.07) is 0. The number of nitrogens with zero attached hydrogens (tertiary/aromatic N) is 6. The van der Waals surface area contributed by atoms with Gasteiger partial charge in [0, 0.05) is 20.6 Å². The third-order valence-electron chi connectivity index (χ3n) is 3.35. The molecule has 24 heavy (non-hydrogen) atoms. The molecule has 0 saturated heterocycles. The van der Waals surface area contributed by atoms with Crippen molar-refractivity contribution in [2.45, 2.75) is 32.6 Å². The number of carbonyl (C=O) groups excluding carboxylic acids is 1. The second-order valence-corrected chi connectivity index (χ2v) is 5.61. The summed E-state index contributed by atoms with van der Waals surface area (Å²) >= 11 is 5.73. The van der Waals surface area contributed by atoms with Crippen LogP contribution in [0.3, 0.4) is 0 Å². The number of hydrogen-bond donors (Lipinski definition) is 0. The fraction of sp³-hybridized carbons (Fsp3) is 0.538. The molecule has 2 aromatic rings. The molecular weight excluding hydrogens is 349 g/mol. The standard InChI is InChI=1S/C13H16ClF3N6O/c1-4-5-23-7-18-19-8(23)6-21(2)12(24)10-9(14)11(13(15,16)17)20-22(10)3/h7H,4-6H2,1-3H3. The van der Waals surface area contributed by atoms with Crippen LogP contribution in [0.1, 0.15) is 35.4 Å². The van der Waals surface area contributed by atoms with Gasteiger partial charge >= 0.3 is 6.18 Å². The van der Waals surface area contributed by atoms with E-state index in [4.69, 9.17) is 11.6 Å². The first-order chi connectivity index (χ1) is 11.2. The zero-order valence-electron chi connectivity index (χ0n) is 13.3. The van der Waals surface area contributed by atoms with Crippen LogP contribution >= 0.6 is 11.6 Å². The van der Waals surface area contributed by atoms with Gasteiger partial charge in [-0.2, -0.15) is 18.3 Å². The predicted molar refractivity (Wildman–Crippen MR) is 79.3 cm³/mol. The number of alkyl halides is 3. The topological polar surface area (TPSA) is 68.8 Å². The van der Waals surface area contributed by atoms with Crippen LogP contribution in [0.4, 0.5) is 13.2 Å². The molecule has 0 fully saturated rings. The largest absolute Gasteiger partial charge is 0.436 e. The number of aryl methyl sites for hydroxylation is 2. The van der Waals surface area contributed by atoms with Gasteiger partial charge in [0.15, 0.2) is 11.5 Å². The highest BCUT2D eigenvalue weighted by Gasteiger charge is 2.40. The van der Waals surface area contributed by atoms with E-state index in [1.807, 2.05) is 6.92 Å². The molecule has 0 bridgehead atoms. The van der Waals surface area contributed by atoms with Crippen LogP contribution in [0.25, 0.3) is 0 Å². The van der Waals surface area contributed by atoms with E-state index >= 15 is 0 Å². The smallest absolute Gasteiger partial charge is 0.333 e. The first-order valence-electron chi connectivity index (χ1n) is 7.08. The summed E-state index contributed by atoms with van der Waals surface area (Å²) in [6.45, 7) is 2.74. The average Bonchev–Trinajstić information content (AvgIpc) is 3.03. The van der Waals surface area contributed by atoms with E-state index in [0.717, 1.165) is 11.1 Å². The van der Waals surface area contributed by atoms with Crippen molar-refractivity contribution < 1.29 is 18.0 Å². The molecule has 0 aliphatic heterocycles. The van der Waals surface area contributed by atoms with Gasteiger partial charge in [-0.1, -0.05) is 18.5 Å². The van der Waals surface area contributed by atoms with Gasteiger partial charge in [0.05, 0.1) is 6.54 Å². The van der Waals surface area contributed by atoms with Crippen molar-refractivity contribution in [2.75, 3.05) is 7.05 Å². The lowest BCUT2D eigenvalue weighted by Crippen LogP contribution is -2.29. The second kappa shape index (κ2) is 6.80. The molecule has 0 radical (unpaired) electrons. The Morgan fingerprint density at radius 1 is 1.42 bits per heavy atom. The lowest BCUT2D eigenvalue weighted by molar-refractivity contribution is -0.141. The fourth-order valence-electron chi connectivity index (χ4n) is 2.21. The van der Waals surface area contributed by atoms with Gasteiger partial charge in [-0.05, 0) is 6.42 Å². The number of aromatic nitrogens is 5. The van der Waals surface area contributed by atoms with Gasteiger partial charge in [-0.15, -0.1) is 10.2 Å². The molecule has 11 heteroatoms. The van der Waals surface area contributed by atoms with Gasteiger partial charge in [0.1, 0.15) is 17.0 Å². The van der Waals surface area contributed by atoms with Gasteiger partial charge in [-0.3, -0.25) is 9.48 Å². The predicted octanol–water partition coefficient (Wildman–Crippen LogP) is 2.37. The Bertz CT molecular complexity index is 739. The Labute approximate surface area is 141 Å². The van der Waals surface area contributed by atoms with E-state index < -0.39 is 22.8 Å². The number of rotatable bonds is 5. The van der Waals surface area contributed by atoms with Crippen molar-refractivity contribution in [3.63, 3.8) is 0 Å². The molecule has 2 heterocycles. The summed E-state index contributed by atoms with van der Waals surface area (Å²) < 4.78 is 41.1. The Morgan fingerprint density at radius 2 is 2.08 bits per heavy atom. The third kappa shape index (κ3) is 3.53. The summed E-state index contributed by atoms with van der Waals surface area (Å²) in [5.41, 5.74) is -1.61. The zero-order valence-corrected chi connectivity index (χ0v) is 14.1. The van der Waals surface area contributed by atoms with Crippen LogP contribution in [-0.2, 0) is 26.3 Å². The molecule has 1 amide bonds. The highest BCUT2D eigenvalue weighted by Crippen LogP contribution is 2.35. The minimum Gasteiger partial charge on any atom is -0.333 e. The fourth-order valence-corrected chi connectivity index (χ4v) is 2.55. The maximum absolute atomic E-state index is 12.8. The molecule has 0 N–H and O–H groups in total. The van der Waals surface area contributed by atoms with Crippen molar-refractivity contribution >= 4 is 17.5 Å². The SMILES string of the molecule is CCCn1cnnc1CN(C)C(=O)c1c(Cl)c(C(F)(F)F)nn1C. The van der Waals surface area contributed by atoms with Crippen LogP contribution in [0.2, 0.25) is 5.02 Å². The number of halogens is 4. The first kappa shape index (κ1) is 18.2. The monoisotopic (exact) mass is 364 g/mol. The van der Waals surface area contributed by atoms with Gasteiger partial charge in [0.2, 0.25) is 0 Å². The van der Waals surface area contributed by atoms with Gasteiger partial charge < -0.3 is 9.47 Å². The van der Waals surface area contributed by atoms with Crippen molar-refractivity contribution in [1.29, 1.82) is 0 Å². The lowest BCUT2D eigenvalue weighted by atomic mass is 10.3. The van der Waals surface area contributed by atoms with E-state index in [9.17, 15) is 18.0 Å². The molecule has 0 aliphatic carbocycles. The molecule has 2 aromatic heterocycles. The molecule has 0 aliphatic rings. The molecular formula is C13H16ClF3N6O. The lowest BCUT2D eigenvalue weighted by Gasteiger charge is -2.17. The molecule has 7 nitrogen and oxygen atoms in total. The van der Waals surface area contributed by atoms with Crippen molar-refractivity contribution in [3.8, 4) is 0 Å². The number of carbonyl (C=O) groups is 1.